The van der Waals surface area contributed by atoms with Gasteiger partial charge in [0.2, 0.25) is 11.5 Å². The van der Waals surface area contributed by atoms with Crippen LogP contribution in [-0.2, 0) is 11.2 Å². The molecule has 0 saturated carbocycles. The first kappa shape index (κ1) is 27.3. The second-order valence-electron chi connectivity index (χ2n) is 11.2. The number of carbonyl (C=O) groups is 3. The third-order valence-electron chi connectivity index (χ3n) is 8.84. The molecule has 210 valence electrons. The van der Waals surface area contributed by atoms with Crippen LogP contribution in [0.1, 0.15) is 82.4 Å². The molecule has 2 aromatic rings. The summed E-state index contributed by atoms with van der Waals surface area (Å²) in [5.41, 5.74) is -3.73. The Hall–Kier alpha value is -4.31. The second-order valence-corrected chi connectivity index (χ2v) is 11.2. The van der Waals surface area contributed by atoms with E-state index in [0.717, 1.165) is 7.11 Å². The number of hydrogen-bond acceptors (Lipinski definition) is 10. The quantitative estimate of drug-likeness (QED) is 0.352. The highest BCUT2D eigenvalue weighted by molar-refractivity contribution is 6.26. The third-order valence-corrected chi connectivity index (χ3v) is 8.84. The van der Waals surface area contributed by atoms with E-state index in [9.17, 15) is 39.9 Å². The number of phenols is 4. The number of ketones is 3. The van der Waals surface area contributed by atoms with Crippen LogP contribution in [0.4, 0.5) is 0 Å². The van der Waals surface area contributed by atoms with Crippen molar-refractivity contribution in [3.05, 3.63) is 56.4 Å². The zero-order chi connectivity index (χ0) is 29.8. The fraction of sp³-hybridized carbons (Fsp3) is 0.367. The van der Waals surface area contributed by atoms with E-state index < -0.39 is 57.5 Å². The summed E-state index contributed by atoms with van der Waals surface area (Å²) in [6, 6.07) is 1.34. The van der Waals surface area contributed by atoms with Crippen LogP contribution in [0.15, 0.2) is 23.0 Å². The molecule has 10 nitrogen and oxygen atoms in total. The Labute approximate surface area is 229 Å². The smallest absolute Gasteiger partial charge is 0.207 e. The van der Waals surface area contributed by atoms with Crippen molar-refractivity contribution in [3.8, 4) is 28.7 Å². The van der Waals surface area contributed by atoms with Gasteiger partial charge in [-0.1, -0.05) is 13.8 Å². The number of benzene rings is 2. The van der Waals surface area contributed by atoms with Crippen molar-refractivity contribution in [1.82, 2.24) is 0 Å². The Morgan fingerprint density at radius 3 is 2.17 bits per heavy atom. The number of hydrogen-bond donors (Lipinski definition) is 5. The van der Waals surface area contributed by atoms with E-state index in [1.807, 2.05) is 0 Å². The van der Waals surface area contributed by atoms with Gasteiger partial charge in [-0.2, -0.15) is 0 Å². The van der Waals surface area contributed by atoms with Gasteiger partial charge in [0.15, 0.2) is 28.7 Å². The number of carbonyl (C=O) groups excluding carboxylic acids is 3. The van der Waals surface area contributed by atoms with E-state index in [1.165, 1.54) is 13.0 Å². The number of ether oxygens (including phenoxy) is 2. The van der Waals surface area contributed by atoms with Crippen LogP contribution in [0.5, 0.6) is 28.7 Å². The van der Waals surface area contributed by atoms with Crippen LogP contribution in [-0.4, -0.2) is 61.7 Å². The molecule has 40 heavy (non-hydrogen) atoms. The number of aryl methyl sites for hydroxylation is 1. The highest BCUT2D eigenvalue weighted by Gasteiger charge is 2.66. The number of allylic oxidation sites excluding steroid dienone is 3. The molecule has 5 N–H and O–H groups in total. The Morgan fingerprint density at radius 1 is 1.00 bits per heavy atom. The molecule has 2 aromatic carbocycles. The van der Waals surface area contributed by atoms with Crippen molar-refractivity contribution in [2.45, 2.75) is 59.7 Å². The molecule has 10 heteroatoms. The molecule has 2 atom stereocenters. The standard InChI is InChI=1S/C30H30O10/c1-10-8-15(12(3)31)22(33)16(21(10)32)9-14-11(2)17-18-19(23(14)34)24(35)26(39-7)25(36)20(18)27(37)30(38)28(17)40-13(4)29(30,5)6/h8,13,32-33,35-36,38H,9H2,1-7H3/t13-,30+/m1/s1. The van der Waals surface area contributed by atoms with E-state index in [2.05, 4.69) is 0 Å². The van der Waals surface area contributed by atoms with Gasteiger partial charge < -0.3 is 35.0 Å². The SMILES string of the molecule is COc1c(O)c2c3c(c1O)C(=O)[C@]1(O)C(=C3C(C)=C(Cc3c(O)c(C)cc(C(C)=O)c3O)C2=O)O[C@H](C)C1(C)C. The van der Waals surface area contributed by atoms with Gasteiger partial charge in [0.05, 0.1) is 23.8 Å². The maximum Gasteiger partial charge on any atom is 0.207 e. The fourth-order valence-electron chi connectivity index (χ4n) is 6.03. The van der Waals surface area contributed by atoms with Crippen LogP contribution in [0.2, 0.25) is 0 Å². The van der Waals surface area contributed by atoms with Crippen molar-refractivity contribution < 1.29 is 49.4 Å². The molecule has 3 aliphatic rings. The van der Waals surface area contributed by atoms with Gasteiger partial charge in [0.25, 0.3) is 0 Å². The predicted molar refractivity (Wildman–Crippen MR) is 142 cm³/mol. The monoisotopic (exact) mass is 550 g/mol. The van der Waals surface area contributed by atoms with Gasteiger partial charge in [-0.15, -0.1) is 0 Å². The number of Topliss-reactive ketones (excluding diaryl/α,β-unsaturated/α-hetero) is 3. The minimum Gasteiger partial charge on any atom is -0.507 e. The minimum absolute atomic E-state index is 0.00708. The molecule has 0 unspecified atom stereocenters. The molecule has 5 rings (SSSR count). The first-order chi connectivity index (χ1) is 18.5. The van der Waals surface area contributed by atoms with E-state index in [1.54, 1.807) is 34.6 Å². The van der Waals surface area contributed by atoms with Crippen molar-refractivity contribution in [3.63, 3.8) is 0 Å². The normalized spacial score (nSPS) is 22.8. The number of fused-ring (bicyclic) bond motifs is 1. The summed E-state index contributed by atoms with van der Waals surface area (Å²) in [5.74, 6) is -5.05. The summed E-state index contributed by atoms with van der Waals surface area (Å²) in [5, 5.41) is 55.9. The summed E-state index contributed by atoms with van der Waals surface area (Å²) >= 11 is 0. The lowest BCUT2D eigenvalue weighted by Crippen LogP contribution is -2.53. The minimum atomic E-state index is -2.24. The average Bonchev–Trinajstić information content (AvgIpc) is 3.06. The molecule has 0 aromatic heterocycles. The summed E-state index contributed by atoms with van der Waals surface area (Å²) in [7, 11) is 1.14. The van der Waals surface area contributed by atoms with Crippen LogP contribution >= 0.6 is 0 Å². The molecule has 1 aliphatic heterocycles. The second kappa shape index (κ2) is 8.34. The molecular weight excluding hydrogens is 520 g/mol. The van der Waals surface area contributed by atoms with Crippen molar-refractivity contribution >= 4 is 22.9 Å². The number of aromatic hydroxyl groups is 4. The zero-order valence-corrected chi connectivity index (χ0v) is 23.1. The van der Waals surface area contributed by atoms with E-state index in [-0.39, 0.29) is 62.5 Å². The average molecular weight is 551 g/mol. The molecule has 2 aliphatic carbocycles. The van der Waals surface area contributed by atoms with E-state index in [4.69, 9.17) is 9.47 Å². The number of rotatable bonds is 4. The lowest BCUT2D eigenvalue weighted by molar-refractivity contribution is -0.00671. The van der Waals surface area contributed by atoms with Crippen LogP contribution in [0.3, 0.4) is 0 Å². The summed E-state index contributed by atoms with van der Waals surface area (Å²) < 4.78 is 11.3. The molecule has 1 fully saturated rings. The first-order valence-electron chi connectivity index (χ1n) is 12.7. The lowest BCUT2D eigenvalue weighted by Gasteiger charge is -2.40. The van der Waals surface area contributed by atoms with Gasteiger partial charge >= 0.3 is 0 Å². The van der Waals surface area contributed by atoms with Crippen molar-refractivity contribution in [2.24, 2.45) is 5.41 Å². The lowest BCUT2D eigenvalue weighted by atomic mass is 9.62. The van der Waals surface area contributed by atoms with Crippen LogP contribution < -0.4 is 4.74 Å². The molecule has 1 saturated heterocycles. The largest absolute Gasteiger partial charge is 0.507 e. The highest BCUT2D eigenvalue weighted by atomic mass is 16.5. The fourth-order valence-corrected chi connectivity index (χ4v) is 6.03. The van der Waals surface area contributed by atoms with E-state index >= 15 is 0 Å². The Morgan fingerprint density at radius 2 is 1.60 bits per heavy atom. The number of phenolic OH excluding ortho intramolecular Hbond substituents is 4. The molecule has 1 heterocycles. The molecule has 0 radical (unpaired) electrons. The first-order valence-corrected chi connectivity index (χ1v) is 12.7. The Kier molecular flexibility index (Phi) is 5.69. The van der Waals surface area contributed by atoms with Gasteiger partial charge in [-0.05, 0) is 44.9 Å². The summed E-state index contributed by atoms with van der Waals surface area (Å²) in [6.07, 6.45) is -1.04. The third kappa shape index (κ3) is 3.05. The molecule has 0 bridgehead atoms. The maximum atomic E-state index is 14.0. The van der Waals surface area contributed by atoms with Gasteiger partial charge in [-0.3, -0.25) is 14.4 Å². The summed E-state index contributed by atoms with van der Waals surface area (Å²) in [6.45, 7) is 9.32. The zero-order valence-electron chi connectivity index (χ0n) is 23.1. The van der Waals surface area contributed by atoms with Gasteiger partial charge in [-0.25, -0.2) is 0 Å². The van der Waals surface area contributed by atoms with Crippen LogP contribution in [0, 0.1) is 12.3 Å². The summed E-state index contributed by atoms with van der Waals surface area (Å²) in [4.78, 5) is 40.2. The molecule has 0 amide bonds. The van der Waals surface area contributed by atoms with Crippen molar-refractivity contribution in [2.75, 3.05) is 7.11 Å². The Balaban J connectivity index is 1.90. The number of aliphatic hydroxyl groups is 1. The van der Waals surface area contributed by atoms with Crippen molar-refractivity contribution in [1.29, 1.82) is 0 Å². The topological polar surface area (TPSA) is 171 Å². The van der Waals surface area contributed by atoms with Gasteiger partial charge in [0, 0.05) is 34.1 Å². The molecular formula is C30H30O10. The van der Waals surface area contributed by atoms with Gasteiger partial charge in [0.1, 0.15) is 23.4 Å². The number of methoxy groups -OCH3 is 1. The van der Waals surface area contributed by atoms with Crippen LogP contribution in [0.25, 0.3) is 5.57 Å². The van der Waals surface area contributed by atoms with E-state index in [0.29, 0.717) is 5.56 Å². The highest BCUT2D eigenvalue weighted by Crippen LogP contribution is 2.61. The predicted octanol–water partition coefficient (Wildman–Crippen LogP) is 3.87. The maximum absolute atomic E-state index is 14.0. The Bertz CT molecular complexity index is 1660. The molecule has 0 spiro atoms.